The zero-order valence-electron chi connectivity index (χ0n) is 15.1. The number of hydrogen-bond acceptors (Lipinski definition) is 7. The molecule has 0 saturated heterocycles. The van der Waals surface area contributed by atoms with Gasteiger partial charge in [0, 0.05) is 17.7 Å². The standard InChI is InChI=1S/C20H16N2O6/c1-26-17-9-4-3-6-13(17)7-5-8-16-20(23)28-19(21-16)15-12-14(22(24)25)10-11-18(15)27-2/h3-12H,1-2H3/b7-5+,16-8+. The van der Waals surface area contributed by atoms with E-state index in [1.807, 2.05) is 24.3 Å². The minimum Gasteiger partial charge on any atom is -0.496 e. The fourth-order valence-electron chi connectivity index (χ4n) is 2.56. The highest BCUT2D eigenvalue weighted by Crippen LogP contribution is 2.28. The molecule has 2 aromatic carbocycles. The number of allylic oxidation sites excluding steroid dienone is 2. The number of esters is 1. The lowest BCUT2D eigenvalue weighted by molar-refractivity contribution is -0.384. The van der Waals surface area contributed by atoms with Crippen LogP contribution in [0.15, 0.2) is 65.3 Å². The van der Waals surface area contributed by atoms with E-state index in [0.29, 0.717) is 11.5 Å². The maximum Gasteiger partial charge on any atom is 0.363 e. The first-order valence-electron chi connectivity index (χ1n) is 8.18. The summed E-state index contributed by atoms with van der Waals surface area (Å²) in [5.41, 5.74) is 0.956. The SMILES string of the molecule is COc1ccccc1/C=C/C=C1/N=C(c2cc([N+](=O)[O-])ccc2OC)OC1=O. The number of methoxy groups -OCH3 is 2. The number of para-hydroxylation sites is 1. The van der Waals surface area contributed by atoms with E-state index < -0.39 is 10.9 Å². The lowest BCUT2D eigenvalue weighted by Gasteiger charge is -2.06. The number of nitro groups is 1. The van der Waals surface area contributed by atoms with Gasteiger partial charge in [-0.15, -0.1) is 0 Å². The molecular formula is C20H16N2O6. The van der Waals surface area contributed by atoms with E-state index in [9.17, 15) is 14.9 Å². The van der Waals surface area contributed by atoms with Gasteiger partial charge in [0.1, 0.15) is 11.5 Å². The fraction of sp³-hybridized carbons (Fsp3) is 0.100. The van der Waals surface area contributed by atoms with Gasteiger partial charge in [-0.3, -0.25) is 10.1 Å². The van der Waals surface area contributed by atoms with Gasteiger partial charge >= 0.3 is 5.97 Å². The largest absolute Gasteiger partial charge is 0.496 e. The highest BCUT2D eigenvalue weighted by atomic mass is 16.6. The average molecular weight is 380 g/mol. The summed E-state index contributed by atoms with van der Waals surface area (Å²) in [5.74, 6) is 0.287. The van der Waals surface area contributed by atoms with Gasteiger partial charge in [-0.2, -0.15) is 0 Å². The topological polar surface area (TPSA) is 100 Å². The van der Waals surface area contributed by atoms with Gasteiger partial charge in [0.25, 0.3) is 5.69 Å². The summed E-state index contributed by atoms with van der Waals surface area (Å²) in [7, 11) is 2.98. The van der Waals surface area contributed by atoms with Crippen molar-refractivity contribution < 1.29 is 23.9 Å². The summed E-state index contributed by atoms with van der Waals surface area (Å²) in [5, 5.41) is 11.0. The van der Waals surface area contributed by atoms with Crippen LogP contribution in [0.4, 0.5) is 5.69 Å². The third kappa shape index (κ3) is 3.90. The Morgan fingerprint density at radius 3 is 2.57 bits per heavy atom. The van der Waals surface area contributed by atoms with Crippen molar-refractivity contribution in [2.24, 2.45) is 4.99 Å². The minimum atomic E-state index is -0.659. The molecule has 0 atom stereocenters. The molecule has 0 amide bonds. The number of carbonyl (C=O) groups excluding carboxylic acids is 1. The van der Waals surface area contributed by atoms with E-state index in [0.717, 1.165) is 5.56 Å². The number of non-ortho nitro benzene ring substituents is 1. The van der Waals surface area contributed by atoms with Crippen LogP contribution in [-0.4, -0.2) is 31.0 Å². The number of carbonyl (C=O) groups is 1. The minimum absolute atomic E-state index is 0.0532. The highest BCUT2D eigenvalue weighted by Gasteiger charge is 2.27. The number of ether oxygens (including phenoxy) is 3. The Balaban J connectivity index is 1.91. The van der Waals surface area contributed by atoms with Crippen molar-refractivity contribution in [2.45, 2.75) is 0 Å². The average Bonchev–Trinajstić information content (AvgIpc) is 3.08. The van der Waals surface area contributed by atoms with Crippen molar-refractivity contribution >= 4 is 23.6 Å². The molecule has 0 aromatic heterocycles. The molecule has 1 aliphatic rings. The number of aliphatic imine (C=N–C) groups is 1. The van der Waals surface area contributed by atoms with Gasteiger partial charge in [0.05, 0.1) is 24.7 Å². The first-order chi connectivity index (χ1) is 13.5. The number of nitro benzene ring substituents is 1. The van der Waals surface area contributed by atoms with Crippen LogP contribution in [0.25, 0.3) is 6.08 Å². The second kappa shape index (κ2) is 8.17. The van der Waals surface area contributed by atoms with E-state index in [1.54, 1.807) is 19.3 Å². The number of hydrogen-bond donors (Lipinski definition) is 0. The summed E-state index contributed by atoms with van der Waals surface area (Å²) in [4.78, 5) is 26.7. The molecule has 0 saturated carbocycles. The van der Waals surface area contributed by atoms with E-state index in [2.05, 4.69) is 4.99 Å². The third-order valence-electron chi connectivity index (χ3n) is 3.91. The van der Waals surface area contributed by atoms with Gasteiger partial charge in [-0.05, 0) is 18.2 Å². The van der Waals surface area contributed by atoms with Crippen LogP contribution in [0.2, 0.25) is 0 Å². The predicted octanol–water partition coefficient (Wildman–Crippen LogP) is 3.51. The Hall–Kier alpha value is -3.94. The molecule has 0 bridgehead atoms. The Morgan fingerprint density at radius 2 is 1.86 bits per heavy atom. The molecule has 8 heteroatoms. The normalized spacial score (nSPS) is 14.9. The Bertz CT molecular complexity index is 1020. The van der Waals surface area contributed by atoms with E-state index in [1.165, 1.54) is 31.4 Å². The van der Waals surface area contributed by atoms with Crippen molar-refractivity contribution in [3.8, 4) is 11.5 Å². The summed E-state index contributed by atoms with van der Waals surface area (Å²) < 4.78 is 15.6. The molecule has 0 unspecified atom stereocenters. The maximum atomic E-state index is 12.1. The van der Waals surface area contributed by atoms with Gasteiger partial charge in [-0.25, -0.2) is 9.79 Å². The van der Waals surface area contributed by atoms with Crippen molar-refractivity contribution in [1.82, 2.24) is 0 Å². The lowest BCUT2D eigenvalue weighted by Crippen LogP contribution is -2.07. The van der Waals surface area contributed by atoms with Gasteiger partial charge in [0.2, 0.25) is 5.90 Å². The second-order valence-corrected chi connectivity index (χ2v) is 5.60. The van der Waals surface area contributed by atoms with Gasteiger partial charge in [0.15, 0.2) is 5.70 Å². The van der Waals surface area contributed by atoms with Crippen molar-refractivity contribution in [3.63, 3.8) is 0 Å². The van der Waals surface area contributed by atoms with Crippen LogP contribution >= 0.6 is 0 Å². The second-order valence-electron chi connectivity index (χ2n) is 5.60. The lowest BCUT2D eigenvalue weighted by atomic mass is 10.1. The summed E-state index contributed by atoms with van der Waals surface area (Å²) in [6.45, 7) is 0. The molecule has 142 valence electrons. The number of cyclic esters (lactones) is 1. The molecule has 3 rings (SSSR count). The molecule has 0 fully saturated rings. The molecule has 2 aromatic rings. The maximum absolute atomic E-state index is 12.1. The molecule has 1 heterocycles. The molecule has 8 nitrogen and oxygen atoms in total. The summed E-state index contributed by atoms with van der Waals surface area (Å²) >= 11 is 0. The van der Waals surface area contributed by atoms with Crippen molar-refractivity contribution in [2.75, 3.05) is 14.2 Å². The van der Waals surface area contributed by atoms with Crippen LogP contribution in [-0.2, 0) is 9.53 Å². The Kier molecular flexibility index (Phi) is 5.50. The first kappa shape index (κ1) is 18.8. The fourth-order valence-corrected chi connectivity index (χ4v) is 2.56. The molecule has 0 N–H and O–H groups in total. The Morgan fingerprint density at radius 1 is 1.11 bits per heavy atom. The van der Waals surface area contributed by atoms with Crippen LogP contribution in [0.3, 0.4) is 0 Å². The number of benzene rings is 2. The van der Waals surface area contributed by atoms with Crippen LogP contribution in [0.5, 0.6) is 11.5 Å². The number of nitrogens with zero attached hydrogens (tertiary/aromatic N) is 2. The quantitative estimate of drug-likeness (QED) is 0.329. The molecule has 28 heavy (non-hydrogen) atoms. The summed E-state index contributed by atoms with van der Waals surface area (Å²) in [6, 6.07) is 11.4. The Labute approximate surface area is 160 Å². The molecule has 0 radical (unpaired) electrons. The monoisotopic (exact) mass is 380 g/mol. The van der Waals surface area contributed by atoms with E-state index in [4.69, 9.17) is 14.2 Å². The van der Waals surface area contributed by atoms with Crippen molar-refractivity contribution in [3.05, 3.63) is 81.6 Å². The van der Waals surface area contributed by atoms with Gasteiger partial charge < -0.3 is 14.2 Å². The zero-order valence-corrected chi connectivity index (χ0v) is 15.1. The van der Waals surface area contributed by atoms with Crippen molar-refractivity contribution in [1.29, 1.82) is 0 Å². The van der Waals surface area contributed by atoms with Crippen LogP contribution < -0.4 is 9.47 Å². The molecule has 1 aliphatic heterocycles. The third-order valence-corrected chi connectivity index (χ3v) is 3.91. The first-order valence-corrected chi connectivity index (χ1v) is 8.18. The number of rotatable bonds is 6. The predicted molar refractivity (Wildman–Crippen MR) is 102 cm³/mol. The van der Waals surface area contributed by atoms with Crippen LogP contribution in [0.1, 0.15) is 11.1 Å². The zero-order chi connectivity index (χ0) is 20.1. The smallest absolute Gasteiger partial charge is 0.363 e. The van der Waals surface area contributed by atoms with E-state index >= 15 is 0 Å². The molecule has 0 spiro atoms. The van der Waals surface area contributed by atoms with Gasteiger partial charge in [-0.1, -0.05) is 30.4 Å². The summed E-state index contributed by atoms with van der Waals surface area (Å²) in [6.07, 6.45) is 4.90. The van der Waals surface area contributed by atoms with Crippen LogP contribution in [0, 0.1) is 10.1 Å². The molecule has 0 aliphatic carbocycles. The highest BCUT2D eigenvalue weighted by molar-refractivity contribution is 6.12. The molecular weight excluding hydrogens is 364 g/mol. The van der Waals surface area contributed by atoms with E-state index in [-0.39, 0.29) is 22.8 Å².